The van der Waals surface area contributed by atoms with Crippen LogP contribution in [0.2, 0.25) is 0 Å². The molecule has 2 heteroatoms. The van der Waals surface area contributed by atoms with Gasteiger partial charge in [0.1, 0.15) is 0 Å². The second-order valence-corrected chi connectivity index (χ2v) is 16.6. The number of rotatable bonds is 16. The molecule has 1 aliphatic rings. The van der Waals surface area contributed by atoms with Gasteiger partial charge in [-0.15, -0.1) is 0 Å². The van der Waals surface area contributed by atoms with E-state index in [-0.39, 0.29) is 0 Å². The minimum Gasteiger partial charge on any atom is -0.317 e. The van der Waals surface area contributed by atoms with E-state index in [4.69, 9.17) is 0 Å². The van der Waals surface area contributed by atoms with Crippen molar-refractivity contribution in [2.24, 2.45) is 5.92 Å². The van der Waals surface area contributed by atoms with E-state index in [0.717, 1.165) is 84.9 Å². The third-order valence-electron chi connectivity index (χ3n) is 12.2. The van der Waals surface area contributed by atoms with E-state index < -0.39 is 0 Å². The summed E-state index contributed by atoms with van der Waals surface area (Å²) in [6.45, 7) is 8.49. The summed E-state index contributed by atoms with van der Waals surface area (Å²) in [5.74, 6) is 0.346. The Morgan fingerprint density at radius 2 is 0.971 bits per heavy atom. The van der Waals surface area contributed by atoms with Gasteiger partial charge in [-0.25, -0.2) is 0 Å². The number of nitrogens with zero attached hydrogens (tertiary/aromatic N) is 2. The van der Waals surface area contributed by atoms with Crippen LogP contribution in [0.25, 0.3) is 50.1 Å². The number of hydrogen-bond acceptors (Lipinski definition) is 2. The summed E-state index contributed by atoms with van der Waals surface area (Å²) in [6, 6.07) is 75.5. The number of benzene rings is 8. The van der Waals surface area contributed by atoms with Gasteiger partial charge in [0.05, 0.1) is 0 Å². The van der Waals surface area contributed by atoms with Crippen LogP contribution < -0.4 is 9.80 Å². The fourth-order valence-electron chi connectivity index (χ4n) is 8.76. The molecule has 68 heavy (non-hydrogen) atoms. The minimum absolute atomic E-state index is 0.346. The largest absolute Gasteiger partial charge is 0.317 e. The fraction of sp³-hybridized carbons (Fsp3) is 0.0303. The minimum atomic E-state index is 0.346. The van der Waals surface area contributed by atoms with Crippen molar-refractivity contribution in [2.45, 2.75) is 6.42 Å². The van der Waals surface area contributed by atoms with Gasteiger partial charge in [0, 0.05) is 34.6 Å². The third kappa shape index (κ3) is 10.5. The lowest BCUT2D eigenvalue weighted by molar-refractivity contribution is 0.822. The molecule has 0 radical (unpaired) electrons. The first kappa shape index (κ1) is 44.5. The second-order valence-electron chi connectivity index (χ2n) is 16.6. The molecule has 0 N–H and O–H groups in total. The molecule has 2 nitrogen and oxygen atoms in total. The Bertz CT molecular complexity index is 3060. The van der Waals surface area contributed by atoms with Crippen LogP contribution in [0.3, 0.4) is 0 Å². The first-order chi connectivity index (χ1) is 33.7. The highest BCUT2D eigenvalue weighted by Crippen LogP contribution is 2.46. The Balaban J connectivity index is 1.19. The monoisotopic (exact) mass is 874 g/mol. The maximum atomic E-state index is 4.39. The van der Waals surface area contributed by atoms with Crippen molar-refractivity contribution in [3.8, 4) is 44.5 Å². The van der Waals surface area contributed by atoms with Gasteiger partial charge in [-0.05, 0) is 135 Å². The normalized spacial score (nSPS) is 13.7. The molecular formula is C66H54N2. The number of para-hydroxylation sites is 1. The predicted octanol–water partition coefficient (Wildman–Crippen LogP) is 18.2. The highest BCUT2D eigenvalue weighted by molar-refractivity contribution is 5.98. The second kappa shape index (κ2) is 22.0. The van der Waals surface area contributed by atoms with Gasteiger partial charge in [-0.2, -0.15) is 0 Å². The standard InChI is InChI=1S/C66H54N2/c1-3-52(53-28-13-6-14-29-53)36-24-48-67(60-37-21-10-22-38-60)61-44-42-58(43-45-61)66-64(56-32-17-8-18-33-56)49-63(50-65(66)57-34-19-9-20-35-57)68(59(4-2)39-23-27-51-25-11-5-12-26-51)62-46-40-55(41-47-62)54-30-15-7-16-31-54/h3-25,27-51H,1-2,26H2/b27-23+,48-24+,52-36+,59-39+. The molecule has 1 aliphatic carbocycles. The SMILES string of the molecule is C=C/C(=C\C=C\N(c1ccccc1)c1ccc(-c2c(-c3ccccc3)cc(N(/C(C=C)=C/C=C/C3C=CC=CC3)c3ccc(-c4ccccc4)cc3)cc2-c2ccccc2)cc1)c1ccccc1. The van der Waals surface area contributed by atoms with E-state index in [1.165, 1.54) is 5.56 Å². The molecule has 0 saturated heterocycles. The van der Waals surface area contributed by atoms with Crippen LogP contribution >= 0.6 is 0 Å². The van der Waals surface area contributed by atoms with Gasteiger partial charge in [-0.1, -0.05) is 226 Å². The molecule has 0 bridgehead atoms. The van der Waals surface area contributed by atoms with Gasteiger partial charge in [0.2, 0.25) is 0 Å². The van der Waals surface area contributed by atoms with Crippen molar-refractivity contribution in [3.05, 3.63) is 310 Å². The Hall–Kier alpha value is -8.72. The molecule has 1 atom stereocenters. The molecule has 0 aromatic heterocycles. The highest BCUT2D eigenvalue weighted by atomic mass is 15.1. The van der Waals surface area contributed by atoms with Crippen molar-refractivity contribution >= 4 is 28.3 Å². The molecule has 0 saturated carbocycles. The van der Waals surface area contributed by atoms with Crippen LogP contribution in [0.5, 0.6) is 0 Å². The zero-order chi connectivity index (χ0) is 46.3. The van der Waals surface area contributed by atoms with E-state index in [0.29, 0.717) is 5.92 Å². The van der Waals surface area contributed by atoms with Crippen molar-refractivity contribution in [2.75, 3.05) is 9.80 Å². The van der Waals surface area contributed by atoms with E-state index in [9.17, 15) is 0 Å². The smallest absolute Gasteiger partial charge is 0.0474 e. The Labute approximate surface area is 402 Å². The van der Waals surface area contributed by atoms with Crippen molar-refractivity contribution < 1.29 is 0 Å². The summed E-state index contributed by atoms with van der Waals surface area (Å²) in [7, 11) is 0. The summed E-state index contributed by atoms with van der Waals surface area (Å²) < 4.78 is 0. The quantitative estimate of drug-likeness (QED) is 0.0893. The highest BCUT2D eigenvalue weighted by Gasteiger charge is 2.22. The molecule has 0 fully saturated rings. The topological polar surface area (TPSA) is 6.48 Å². The van der Waals surface area contributed by atoms with Gasteiger partial charge >= 0.3 is 0 Å². The average Bonchev–Trinajstić information content (AvgIpc) is 3.42. The molecule has 8 aromatic carbocycles. The average molecular weight is 875 g/mol. The van der Waals surface area contributed by atoms with Crippen LogP contribution in [0.15, 0.2) is 304 Å². The van der Waals surface area contributed by atoms with E-state index in [1.54, 1.807) is 0 Å². The van der Waals surface area contributed by atoms with Crippen LogP contribution in [0.1, 0.15) is 12.0 Å². The number of anilines is 4. The van der Waals surface area contributed by atoms with Gasteiger partial charge in [0.15, 0.2) is 0 Å². The maximum Gasteiger partial charge on any atom is 0.0474 e. The van der Waals surface area contributed by atoms with Crippen LogP contribution in [0.4, 0.5) is 22.7 Å². The van der Waals surface area contributed by atoms with Crippen molar-refractivity contribution in [1.29, 1.82) is 0 Å². The summed E-state index contributed by atoms with van der Waals surface area (Å²) >= 11 is 0. The zero-order valence-electron chi connectivity index (χ0n) is 38.2. The lowest BCUT2D eigenvalue weighted by Crippen LogP contribution is -2.15. The molecule has 0 spiro atoms. The maximum absolute atomic E-state index is 4.39. The molecule has 328 valence electrons. The van der Waals surface area contributed by atoms with Crippen LogP contribution in [0, 0.1) is 5.92 Å². The Morgan fingerprint density at radius 3 is 1.53 bits per heavy atom. The van der Waals surface area contributed by atoms with Gasteiger partial charge < -0.3 is 9.80 Å². The summed E-state index contributed by atoms with van der Waals surface area (Å²) in [5, 5.41) is 0. The zero-order valence-corrected chi connectivity index (χ0v) is 38.2. The van der Waals surface area contributed by atoms with E-state index in [1.807, 2.05) is 18.2 Å². The third-order valence-corrected chi connectivity index (χ3v) is 12.2. The molecule has 0 aliphatic heterocycles. The lowest BCUT2D eigenvalue weighted by Gasteiger charge is -2.29. The van der Waals surface area contributed by atoms with Crippen molar-refractivity contribution in [1.82, 2.24) is 0 Å². The molecule has 8 aromatic rings. The molecule has 0 amide bonds. The van der Waals surface area contributed by atoms with Crippen molar-refractivity contribution in [3.63, 3.8) is 0 Å². The summed E-state index contributed by atoms with van der Waals surface area (Å²) in [4.78, 5) is 4.56. The van der Waals surface area contributed by atoms with Crippen LogP contribution in [-0.2, 0) is 0 Å². The Kier molecular flexibility index (Phi) is 14.4. The summed E-state index contributed by atoms with van der Waals surface area (Å²) in [6.07, 6.45) is 26.5. The lowest BCUT2D eigenvalue weighted by atomic mass is 9.86. The molecule has 9 rings (SSSR count). The first-order valence-corrected chi connectivity index (χ1v) is 23.3. The van der Waals surface area contributed by atoms with E-state index in [2.05, 4.69) is 290 Å². The van der Waals surface area contributed by atoms with Gasteiger partial charge in [0.25, 0.3) is 0 Å². The van der Waals surface area contributed by atoms with E-state index >= 15 is 0 Å². The first-order valence-electron chi connectivity index (χ1n) is 23.3. The molecular weight excluding hydrogens is 821 g/mol. The Morgan fingerprint density at radius 1 is 0.456 bits per heavy atom. The number of hydrogen-bond donors (Lipinski definition) is 0. The fourth-order valence-corrected chi connectivity index (χ4v) is 8.76. The molecule has 1 unspecified atom stereocenters. The van der Waals surface area contributed by atoms with Gasteiger partial charge in [-0.3, -0.25) is 0 Å². The van der Waals surface area contributed by atoms with Crippen LogP contribution in [-0.4, -0.2) is 0 Å². The molecule has 0 heterocycles. The summed E-state index contributed by atoms with van der Waals surface area (Å²) in [5.41, 5.74) is 16.4. The number of allylic oxidation sites excluding steroid dienone is 12. The predicted molar refractivity (Wildman–Crippen MR) is 293 cm³/mol.